The highest BCUT2D eigenvalue weighted by Gasteiger charge is 2.28. The molecular formula is C19H22N4O2. The Morgan fingerprint density at radius 1 is 1.12 bits per heavy atom. The van der Waals surface area contributed by atoms with E-state index in [0.29, 0.717) is 17.6 Å². The van der Waals surface area contributed by atoms with Gasteiger partial charge in [0.1, 0.15) is 12.4 Å². The highest BCUT2D eigenvalue weighted by molar-refractivity contribution is 5.86. The third kappa shape index (κ3) is 3.58. The van der Waals surface area contributed by atoms with Crippen molar-refractivity contribution in [3.8, 4) is 5.88 Å². The number of aromatic nitrogens is 2. The maximum absolute atomic E-state index is 7.19. The second kappa shape index (κ2) is 7.34. The van der Waals surface area contributed by atoms with E-state index < -0.39 is 0 Å². The molecule has 1 aromatic heterocycles. The summed E-state index contributed by atoms with van der Waals surface area (Å²) in [5.41, 5.74) is 1.41. The smallest absolute Gasteiger partial charge is 0.223 e. The summed E-state index contributed by atoms with van der Waals surface area (Å²) in [4.78, 5) is 14.6. The van der Waals surface area contributed by atoms with E-state index >= 15 is 0 Å². The average molecular weight is 338 g/mol. The lowest BCUT2D eigenvalue weighted by Gasteiger charge is -2.38. The van der Waals surface area contributed by atoms with Crippen LogP contribution in [0, 0.1) is 6.57 Å². The summed E-state index contributed by atoms with van der Waals surface area (Å²) in [5, 5.41) is 0.825. The van der Waals surface area contributed by atoms with Crippen molar-refractivity contribution in [2.75, 3.05) is 26.3 Å². The number of ether oxygens (including phenoxy) is 2. The molecule has 1 aliphatic heterocycles. The first kappa shape index (κ1) is 16.2. The van der Waals surface area contributed by atoms with Gasteiger partial charge in [-0.15, -0.1) is 0 Å². The van der Waals surface area contributed by atoms with Crippen molar-refractivity contribution in [2.45, 2.75) is 37.8 Å². The molecule has 25 heavy (non-hydrogen) atoms. The highest BCUT2D eigenvalue weighted by Crippen LogP contribution is 2.30. The Kier molecular flexibility index (Phi) is 4.77. The van der Waals surface area contributed by atoms with Crippen LogP contribution in [0.5, 0.6) is 5.88 Å². The van der Waals surface area contributed by atoms with Crippen molar-refractivity contribution in [1.29, 1.82) is 0 Å². The van der Waals surface area contributed by atoms with E-state index in [4.69, 9.17) is 16.0 Å². The minimum absolute atomic E-state index is 0.187. The quantitative estimate of drug-likeness (QED) is 0.805. The van der Waals surface area contributed by atoms with Gasteiger partial charge in [-0.3, -0.25) is 4.90 Å². The topological polar surface area (TPSA) is 51.8 Å². The van der Waals surface area contributed by atoms with Gasteiger partial charge in [0, 0.05) is 19.1 Å². The number of nitrogens with zero attached hydrogens (tertiary/aromatic N) is 4. The molecule has 0 bridgehead atoms. The second-order valence-electron chi connectivity index (χ2n) is 6.69. The lowest BCUT2D eigenvalue weighted by atomic mass is 9.91. The summed E-state index contributed by atoms with van der Waals surface area (Å²) in [6.45, 7) is 11.0. The first-order valence-electron chi connectivity index (χ1n) is 8.94. The van der Waals surface area contributed by atoms with Gasteiger partial charge in [-0.05, 0) is 37.8 Å². The molecule has 1 aromatic carbocycles. The van der Waals surface area contributed by atoms with Gasteiger partial charge in [-0.25, -0.2) is 14.8 Å². The molecule has 6 heteroatoms. The Morgan fingerprint density at radius 2 is 1.92 bits per heavy atom. The zero-order chi connectivity index (χ0) is 17.1. The van der Waals surface area contributed by atoms with Gasteiger partial charge in [0.15, 0.2) is 5.69 Å². The highest BCUT2D eigenvalue weighted by atomic mass is 16.5. The van der Waals surface area contributed by atoms with Crippen LogP contribution < -0.4 is 4.74 Å². The van der Waals surface area contributed by atoms with Crippen molar-refractivity contribution >= 4 is 16.6 Å². The first-order chi connectivity index (χ1) is 12.3. The zero-order valence-electron chi connectivity index (χ0n) is 14.2. The van der Waals surface area contributed by atoms with Crippen molar-refractivity contribution in [2.24, 2.45) is 0 Å². The van der Waals surface area contributed by atoms with Crippen LogP contribution in [-0.4, -0.2) is 53.3 Å². The van der Waals surface area contributed by atoms with Crippen LogP contribution in [0.3, 0.4) is 0 Å². The molecule has 0 unspecified atom stereocenters. The molecule has 6 nitrogen and oxygen atoms in total. The SMILES string of the molecule is [C-]#[N+]c1ccc2ncnc(OC3CCC(N4CCOCC4)CC3)c2c1. The van der Waals surface area contributed by atoms with Gasteiger partial charge in [0.2, 0.25) is 5.88 Å². The number of benzene rings is 1. The molecular weight excluding hydrogens is 316 g/mol. The lowest BCUT2D eigenvalue weighted by Crippen LogP contribution is -2.46. The van der Waals surface area contributed by atoms with Gasteiger partial charge in [0.25, 0.3) is 0 Å². The van der Waals surface area contributed by atoms with Crippen LogP contribution in [0.25, 0.3) is 15.7 Å². The van der Waals surface area contributed by atoms with Crippen molar-refractivity contribution in [1.82, 2.24) is 14.9 Å². The molecule has 1 aliphatic carbocycles. The molecule has 0 N–H and O–H groups in total. The Bertz CT molecular complexity index is 775. The van der Waals surface area contributed by atoms with Crippen LogP contribution in [0.2, 0.25) is 0 Å². The first-order valence-corrected chi connectivity index (χ1v) is 8.94. The summed E-state index contributed by atoms with van der Waals surface area (Å²) in [6, 6.07) is 6.10. The van der Waals surface area contributed by atoms with E-state index in [9.17, 15) is 0 Å². The second-order valence-corrected chi connectivity index (χ2v) is 6.69. The molecule has 130 valence electrons. The summed E-state index contributed by atoms with van der Waals surface area (Å²) in [7, 11) is 0. The normalized spacial score (nSPS) is 24.8. The lowest BCUT2D eigenvalue weighted by molar-refractivity contribution is -0.00126. The third-order valence-corrected chi connectivity index (χ3v) is 5.20. The molecule has 2 heterocycles. The number of hydrogen-bond acceptors (Lipinski definition) is 5. The summed E-state index contributed by atoms with van der Waals surface area (Å²) < 4.78 is 11.7. The summed E-state index contributed by atoms with van der Waals surface area (Å²) >= 11 is 0. The number of hydrogen-bond donors (Lipinski definition) is 0. The van der Waals surface area contributed by atoms with E-state index in [-0.39, 0.29) is 6.10 Å². The van der Waals surface area contributed by atoms with E-state index in [1.807, 2.05) is 12.1 Å². The Labute approximate surface area is 147 Å². The fraction of sp³-hybridized carbons (Fsp3) is 0.526. The summed E-state index contributed by atoms with van der Waals surface area (Å²) in [6.07, 6.45) is 6.11. The van der Waals surface area contributed by atoms with E-state index in [1.54, 1.807) is 6.07 Å². The average Bonchev–Trinajstić information content (AvgIpc) is 2.69. The predicted molar refractivity (Wildman–Crippen MR) is 94.9 cm³/mol. The fourth-order valence-electron chi connectivity index (χ4n) is 3.81. The number of morpholine rings is 1. The van der Waals surface area contributed by atoms with Crippen LogP contribution in [0.4, 0.5) is 5.69 Å². The summed E-state index contributed by atoms with van der Waals surface area (Å²) in [5.74, 6) is 0.602. The van der Waals surface area contributed by atoms with E-state index in [1.165, 1.54) is 6.33 Å². The Hall–Kier alpha value is -2.23. The van der Waals surface area contributed by atoms with Crippen LogP contribution >= 0.6 is 0 Å². The van der Waals surface area contributed by atoms with Crippen LogP contribution in [-0.2, 0) is 4.74 Å². The van der Waals surface area contributed by atoms with E-state index in [2.05, 4.69) is 19.7 Å². The van der Waals surface area contributed by atoms with Crippen molar-refractivity contribution < 1.29 is 9.47 Å². The van der Waals surface area contributed by atoms with E-state index in [0.717, 1.165) is 62.9 Å². The Balaban J connectivity index is 1.43. The Morgan fingerprint density at radius 3 is 2.68 bits per heavy atom. The molecule has 1 saturated carbocycles. The zero-order valence-corrected chi connectivity index (χ0v) is 14.2. The monoisotopic (exact) mass is 338 g/mol. The standard InChI is InChI=1S/C19H22N4O2/c1-20-14-2-7-18-17(12-14)19(22-13-21-18)25-16-5-3-15(4-6-16)23-8-10-24-11-9-23/h2,7,12-13,15-16H,3-6,8-11H2. The molecule has 2 fully saturated rings. The van der Waals surface area contributed by atoms with Gasteiger partial charge in [-0.1, -0.05) is 6.07 Å². The number of fused-ring (bicyclic) bond motifs is 1. The van der Waals surface area contributed by atoms with Gasteiger partial charge in [0.05, 0.1) is 30.7 Å². The molecule has 0 atom stereocenters. The largest absolute Gasteiger partial charge is 0.474 e. The molecule has 0 spiro atoms. The number of rotatable bonds is 3. The maximum atomic E-state index is 7.19. The molecule has 2 aliphatic rings. The molecule has 0 amide bonds. The third-order valence-electron chi connectivity index (χ3n) is 5.20. The van der Waals surface area contributed by atoms with Crippen LogP contribution in [0.1, 0.15) is 25.7 Å². The van der Waals surface area contributed by atoms with Gasteiger partial charge in [-0.2, -0.15) is 0 Å². The molecule has 4 rings (SSSR count). The molecule has 0 radical (unpaired) electrons. The van der Waals surface area contributed by atoms with Crippen LogP contribution in [0.15, 0.2) is 24.5 Å². The van der Waals surface area contributed by atoms with Gasteiger partial charge < -0.3 is 9.47 Å². The van der Waals surface area contributed by atoms with Crippen molar-refractivity contribution in [3.05, 3.63) is 35.9 Å². The predicted octanol–water partition coefficient (Wildman–Crippen LogP) is 3.20. The fourth-order valence-corrected chi connectivity index (χ4v) is 3.81. The molecule has 1 saturated heterocycles. The minimum atomic E-state index is 0.187. The van der Waals surface area contributed by atoms with Gasteiger partial charge >= 0.3 is 0 Å². The van der Waals surface area contributed by atoms with Crippen molar-refractivity contribution in [3.63, 3.8) is 0 Å². The maximum Gasteiger partial charge on any atom is 0.223 e. The minimum Gasteiger partial charge on any atom is -0.474 e. The molecule has 2 aromatic rings.